The van der Waals surface area contributed by atoms with E-state index in [9.17, 15) is 9.90 Å². The van der Waals surface area contributed by atoms with Crippen molar-refractivity contribution in [2.24, 2.45) is 0 Å². The Morgan fingerprint density at radius 2 is 2.12 bits per heavy atom. The molecule has 134 valence electrons. The maximum Gasteiger partial charge on any atom is 0.264 e. The van der Waals surface area contributed by atoms with Crippen LogP contribution in [0.15, 0.2) is 27.1 Å². The number of hydrogen-bond donors (Lipinski definition) is 2. The average molecular weight is 416 g/mol. The van der Waals surface area contributed by atoms with Gasteiger partial charge in [0.2, 0.25) is 5.89 Å². The Hall–Kier alpha value is -2.25. The third-order valence-electron chi connectivity index (χ3n) is 4.73. The summed E-state index contributed by atoms with van der Waals surface area (Å²) >= 11 is 3.46. The summed E-state index contributed by atoms with van der Waals surface area (Å²) in [5.74, 6) is 1.18. The maximum atomic E-state index is 13.1. The summed E-state index contributed by atoms with van der Waals surface area (Å²) in [6.07, 6.45) is 2.14. The molecule has 1 saturated carbocycles. The van der Waals surface area contributed by atoms with Crippen LogP contribution in [0, 0.1) is 13.8 Å². The lowest BCUT2D eigenvalue weighted by Crippen LogP contribution is -2.06. The second kappa shape index (κ2) is 6.48. The van der Waals surface area contributed by atoms with Crippen molar-refractivity contribution < 1.29 is 14.3 Å². The number of carbonyl (C=O) groups excluding carboxylic acids is 1. The molecule has 1 aromatic carbocycles. The zero-order valence-electron chi connectivity index (χ0n) is 14.5. The molecule has 3 aromatic rings. The molecule has 2 heterocycles. The van der Waals surface area contributed by atoms with Crippen LogP contribution in [-0.2, 0) is 6.61 Å². The van der Waals surface area contributed by atoms with Gasteiger partial charge in [-0.1, -0.05) is 28.1 Å². The molecular weight excluding hydrogens is 398 g/mol. The molecule has 0 amide bonds. The first-order valence-electron chi connectivity index (χ1n) is 8.46. The Labute approximate surface area is 158 Å². The van der Waals surface area contributed by atoms with Crippen molar-refractivity contribution in [2.45, 2.75) is 39.2 Å². The van der Waals surface area contributed by atoms with Crippen LogP contribution in [0.25, 0.3) is 11.6 Å². The number of hydrogen-bond acceptors (Lipinski definition) is 5. The van der Waals surface area contributed by atoms with E-state index >= 15 is 0 Å². The normalized spacial score (nSPS) is 14.0. The van der Waals surface area contributed by atoms with Crippen molar-refractivity contribution in [3.8, 4) is 11.6 Å². The van der Waals surface area contributed by atoms with Crippen LogP contribution in [0.3, 0.4) is 0 Å². The van der Waals surface area contributed by atoms with Gasteiger partial charge in [-0.2, -0.15) is 0 Å². The highest BCUT2D eigenvalue weighted by Crippen LogP contribution is 2.40. The molecule has 6 nitrogen and oxygen atoms in total. The van der Waals surface area contributed by atoms with Crippen molar-refractivity contribution >= 4 is 21.7 Å². The molecule has 0 atom stereocenters. The van der Waals surface area contributed by atoms with Gasteiger partial charge >= 0.3 is 0 Å². The number of aliphatic hydroxyl groups excluding tert-OH is 1. The molecule has 0 unspecified atom stereocenters. The minimum absolute atomic E-state index is 0.156. The van der Waals surface area contributed by atoms with E-state index in [-0.39, 0.29) is 12.4 Å². The maximum absolute atomic E-state index is 13.1. The summed E-state index contributed by atoms with van der Waals surface area (Å²) in [6.45, 7) is 3.51. The highest BCUT2D eigenvalue weighted by molar-refractivity contribution is 9.10. The van der Waals surface area contributed by atoms with Crippen LogP contribution in [0.5, 0.6) is 0 Å². The minimum atomic E-state index is -0.279. The fourth-order valence-corrected chi connectivity index (χ4v) is 3.39. The third kappa shape index (κ3) is 2.91. The zero-order valence-corrected chi connectivity index (χ0v) is 16.1. The molecular formula is C19H18BrN3O3. The van der Waals surface area contributed by atoms with Crippen LogP contribution in [0.4, 0.5) is 0 Å². The fourth-order valence-electron chi connectivity index (χ4n) is 3.01. The number of nitrogens with zero attached hydrogens (tertiary/aromatic N) is 2. The lowest BCUT2D eigenvalue weighted by molar-refractivity contribution is 0.103. The van der Waals surface area contributed by atoms with Crippen LogP contribution < -0.4 is 0 Å². The van der Waals surface area contributed by atoms with E-state index in [1.165, 1.54) is 0 Å². The van der Waals surface area contributed by atoms with Crippen molar-refractivity contribution in [1.29, 1.82) is 0 Å². The molecule has 0 radical (unpaired) electrons. The summed E-state index contributed by atoms with van der Waals surface area (Å²) < 4.78 is 6.62. The Balaban J connectivity index is 1.76. The van der Waals surface area contributed by atoms with E-state index in [2.05, 4.69) is 31.1 Å². The number of halogens is 1. The first-order chi connectivity index (χ1) is 12.5. The summed E-state index contributed by atoms with van der Waals surface area (Å²) in [6, 6.07) is 5.47. The Morgan fingerprint density at radius 1 is 1.35 bits per heavy atom. The quantitative estimate of drug-likeness (QED) is 0.613. The van der Waals surface area contributed by atoms with E-state index in [0.717, 1.165) is 22.9 Å². The van der Waals surface area contributed by atoms with Crippen molar-refractivity contribution in [2.75, 3.05) is 0 Å². The number of benzene rings is 1. The Bertz CT molecular complexity index is 1000. The lowest BCUT2D eigenvalue weighted by atomic mass is 9.98. The molecule has 2 aromatic heterocycles. The molecule has 1 aliphatic rings. The fraction of sp³-hybridized carbons (Fsp3) is 0.316. The summed E-state index contributed by atoms with van der Waals surface area (Å²) in [5, 5.41) is 17.9. The molecule has 0 spiro atoms. The van der Waals surface area contributed by atoms with Gasteiger partial charge in [0.25, 0.3) is 5.89 Å². The summed E-state index contributed by atoms with van der Waals surface area (Å²) in [7, 11) is 0. The molecule has 7 heteroatoms. The first kappa shape index (κ1) is 17.2. The number of aryl methyl sites for hydroxylation is 1. The molecule has 4 rings (SSSR count). The number of aliphatic hydroxyl groups is 1. The van der Waals surface area contributed by atoms with Gasteiger partial charge < -0.3 is 14.5 Å². The van der Waals surface area contributed by atoms with E-state index in [4.69, 9.17) is 4.42 Å². The predicted molar refractivity (Wildman–Crippen MR) is 99.0 cm³/mol. The number of carbonyl (C=O) groups is 1. The molecule has 0 bridgehead atoms. The van der Waals surface area contributed by atoms with Gasteiger partial charge in [-0.3, -0.25) is 4.79 Å². The molecule has 26 heavy (non-hydrogen) atoms. The van der Waals surface area contributed by atoms with Crippen LogP contribution in [-0.4, -0.2) is 26.1 Å². The van der Waals surface area contributed by atoms with Gasteiger partial charge in [0.1, 0.15) is 5.69 Å². The second-order valence-electron chi connectivity index (χ2n) is 6.65. The van der Waals surface area contributed by atoms with Crippen LogP contribution in [0.2, 0.25) is 0 Å². The Morgan fingerprint density at radius 3 is 2.77 bits per heavy atom. The molecule has 0 saturated heterocycles. The van der Waals surface area contributed by atoms with Gasteiger partial charge in [0.15, 0.2) is 5.78 Å². The highest BCUT2D eigenvalue weighted by atomic mass is 79.9. The number of H-pyrrole nitrogens is 1. The predicted octanol–water partition coefficient (Wildman–Crippen LogP) is 4.04. The minimum Gasteiger partial charge on any atom is -0.419 e. The summed E-state index contributed by atoms with van der Waals surface area (Å²) in [4.78, 5) is 16.1. The van der Waals surface area contributed by atoms with Gasteiger partial charge in [0, 0.05) is 21.5 Å². The number of ketones is 1. The number of nitrogens with one attached hydrogen (secondary N) is 1. The van der Waals surface area contributed by atoms with Crippen molar-refractivity contribution in [1.82, 2.24) is 15.2 Å². The number of aromatic amines is 1. The third-order valence-corrected chi connectivity index (χ3v) is 5.58. The number of aromatic nitrogens is 3. The van der Waals surface area contributed by atoms with E-state index < -0.39 is 0 Å². The topological polar surface area (TPSA) is 92.0 Å². The van der Waals surface area contributed by atoms with Gasteiger partial charge in [0.05, 0.1) is 12.3 Å². The van der Waals surface area contributed by atoms with E-state index in [1.807, 2.05) is 19.9 Å². The standard InChI is InChI=1S/C19H18BrN3O3/c1-9-3-4-12(7-13(9)20)17(25)15-10(2)16(21-14(15)8-24)19-23-22-18(26-19)11-5-6-11/h3-4,7,11,21,24H,5-6,8H2,1-2H3. The molecule has 2 N–H and O–H groups in total. The van der Waals surface area contributed by atoms with E-state index in [0.29, 0.717) is 45.8 Å². The first-order valence-corrected chi connectivity index (χ1v) is 9.25. The average Bonchev–Trinajstić information content (AvgIpc) is 3.27. The van der Waals surface area contributed by atoms with Gasteiger partial charge in [-0.15, -0.1) is 10.2 Å². The van der Waals surface area contributed by atoms with Gasteiger partial charge in [-0.05, 0) is 43.9 Å². The smallest absolute Gasteiger partial charge is 0.264 e. The van der Waals surface area contributed by atoms with E-state index in [1.54, 1.807) is 12.1 Å². The van der Waals surface area contributed by atoms with Crippen molar-refractivity contribution in [3.63, 3.8) is 0 Å². The molecule has 0 aliphatic heterocycles. The SMILES string of the molecule is Cc1ccc(C(=O)c2c(CO)[nH]c(-c3nnc(C4CC4)o3)c2C)cc1Br. The largest absolute Gasteiger partial charge is 0.419 e. The molecule has 1 aliphatic carbocycles. The highest BCUT2D eigenvalue weighted by Gasteiger charge is 2.31. The van der Waals surface area contributed by atoms with Crippen LogP contribution >= 0.6 is 15.9 Å². The Kier molecular flexibility index (Phi) is 4.28. The number of rotatable bonds is 5. The van der Waals surface area contributed by atoms with Gasteiger partial charge in [-0.25, -0.2) is 0 Å². The monoisotopic (exact) mass is 415 g/mol. The second-order valence-corrected chi connectivity index (χ2v) is 7.50. The summed E-state index contributed by atoms with van der Waals surface area (Å²) in [5.41, 5.74) is 3.78. The molecule has 1 fully saturated rings. The van der Waals surface area contributed by atoms with Crippen LogP contribution in [0.1, 0.15) is 57.4 Å². The zero-order chi connectivity index (χ0) is 18.4. The lowest BCUT2D eigenvalue weighted by Gasteiger charge is -2.05. The van der Waals surface area contributed by atoms with Crippen molar-refractivity contribution in [3.05, 3.63) is 56.5 Å².